The standard InChI is InChI=1S/C10H8NO/c1-2-4-9(5-3-1)12-10-6-7-11-8-10/h1-7,11H. The molecule has 2 rings (SSSR count). The third-order valence-electron chi connectivity index (χ3n) is 1.48. The number of aromatic amines is 1. The maximum Gasteiger partial charge on any atom is 0.154 e. The summed E-state index contributed by atoms with van der Waals surface area (Å²) < 4.78 is 5.43. The van der Waals surface area contributed by atoms with Gasteiger partial charge in [-0.1, -0.05) is 18.2 Å². The van der Waals surface area contributed by atoms with Crippen molar-refractivity contribution in [3.05, 3.63) is 48.8 Å². The molecule has 0 unspecified atom stereocenters. The molecule has 0 atom stereocenters. The lowest BCUT2D eigenvalue weighted by molar-refractivity contribution is 0.482. The predicted octanol–water partition coefficient (Wildman–Crippen LogP) is 2.61. The van der Waals surface area contributed by atoms with E-state index in [1.165, 1.54) is 0 Å². The van der Waals surface area contributed by atoms with Crippen LogP contribution in [0, 0.1) is 6.20 Å². The van der Waals surface area contributed by atoms with Gasteiger partial charge in [0.05, 0.1) is 0 Å². The van der Waals surface area contributed by atoms with Crippen LogP contribution in [0.15, 0.2) is 42.6 Å². The molecule has 59 valence electrons. The second-order valence-corrected chi connectivity index (χ2v) is 2.38. The Balaban J connectivity index is 2.15. The molecule has 0 saturated carbocycles. The van der Waals surface area contributed by atoms with Crippen LogP contribution < -0.4 is 4.74 Å². The summed E-state index contributed by atoms with van der Waals surface area (Å²) in [4.78, 5) is 2.80. The van der Waals surface area contributed by atoms with Gasteiger partial charge in [0.15, 0.2) is 5.75 Å². The Hall–Kier alpha value is -1.70. The van der Waals surface area contributed by atoms with Crippen molar-refractivity contribution in [2.75, 3.05) is 0 Å². The largest absolute Gasteiger partial charge is 0.455 e. The highest BCUT2D eigenvalue weighted by Crippen LogP contribution is 2.18. The molecular weight excluding hydrogens is 150 g/mol. The van der Waals surface area contributed by atoms with Crippen LogP contribution in [-0.4, -0.2) is 4.98 Å². The molecule has 1 aromatic heterocycles. The van der Waals surface area contributed by atoms with Gasteiger partial charge < -0.3 is 9.72 Å². The lowest BCUT2D eigenvalue weighted by atomic mass is 10.3. The Kier molecular flexibility index (Phi) is 1.82. The number of hydrogen-bond donors (Lipinski definition) is 1. The Bertz CT molecular complexity index is 326. The molecule has 0 aliphatic carbocycles. The van der Waals surface area contributed by atoms with Crippen LogP contribution in [0.1, 0.15) is 0 Å². The normalized spacial score (nSPS) is 9.67. The maximum atomic E-state index is 5.43. The summed E-state index contributed by atoms with van der Waals surface area (Å²) in [6.45, 7) is 0. The number of nitrogens with one attached hydrogen (secondary N) is 1. The van der Waals surface area contributed by atoms with E-state index < -0.39 is 0 Å². The van der Waals surface area contributed by atoms with Gasteiger partial charge in [0, 0.05) is 6.20 Å². The van der Waals surface area contributed by atoms with E-state index >= 15 is 0 Å². The zero-order valence-corrected chi connectivity index (χ0v) is 6.45. The third-order valence-corrected chi connectivity index (χ3v) is 1.48. The Labute approximate surface area is 70.8 Å². The summed E-state index contributed by atoms with van der Waals surface area (Å²) in [6, 6.07) is 11.5. The quantitative estimate of drug-likeness (QED) is 0.714. The number of H-pyrrole nitrogens is 1. The van der Waals surface area contributed by atoms with Crippen molar-refractivity contribution in [1.29, 1.82) is 0 Å². The molecule has 0 aliphatic rings. The zero-order valence-electron chi connectivity index (χ0n) is 6.45. The highest BCUT2D eigenvalue weighted by atomic mass is 16.5. The van der Waals surface area contributed by atoms with E-state index in [1.807, 2.05) is 36.4 Å². The lowest BCUT2D eigenvalue weighted by Crippen LogP contribution is -1.79. The third kappa shape index (κ3) is 1.48. The average Bonchev–Trinajstić information content (AvgIpc) is 2.59. The average molecular weight is 158 g/mol. The maximum absolute atomic E-state index is 5.43. The van der Waals surface area contributed by atoms with Crippen molar-refractivity contribution >= 4 is 0 Å². The lowest BCUT2D eigenvalue weighted by Gasteiger charge is -2.00. The number of benzene rings is 1. The molecular formula is C10H8NO. The van der Waals surface area contributed by atoms with Gasteiger partial charge in [-0.15, -0.1) is 0 Å². The fraction of sp³-hybridized carbons (Fsp3) is 0. The number of rotatable bonds is 2. The highest BCUT2D eigenvalue weighted by molar-refractivity contribution is 5.27. The van der Waals surface area contributed by atoms with Gasteiger partial charge in [-0.25, -0.2) is 0 Å². The van der Waals surface area contributed by atoms with Crippen LogP contribution in [0.4, 0.5) is 0 Å². The number of para-hydroxylation sites is 1. The van der Waals surface area contributed by atoms with Gasteiger partial charge in [-0.2, -0.15) is 0 Å². The van der Waals surface area contributed by atoms with Gasteiger partial charge in [-0.3, -0.25) is 0 Å². The van der Waals surface area contributed by atoms with E-state index in [9.17, 15) is 0 Å². The minimum absolute atomic E-state index is 0.709. The molecule has 12 heavy (non-hydrogen) atoms. The van der Waals surface area contributed by atoms with Crippen LogP contribution in [0.5, 0.6) is 11.5 Å². The minimum atomic E-state index is 0.709. The molecule has 0 fully saturated rings. The van der Waals surface area contributed by atoms with E-state index in [2.05, 4.69) is 11.2 Å². The van der Waals surface area contributed by atoms with Gasteiger partial charge in [0.2, 0.25) is 0 Å². The molecule has 1 heterocycles. The molecule has 1 N–H and O–H groups in total. The number of aromatic nitrogens is 1. The van der Waals surface area contributed by atoms with Crippen molar-refractivity contribution < 1.29 is 4.74 Å². The molecule has 0 aliphatic heterocycles. The monoisotopic (exact) mass is 158 g/mol. The van der Waals surface area contributed by atoms with Crippen LogP contribution in [-0.2, 0) is 0 Å². The first kappa shape index (κ1) is 6.98. The fourth-order valence-corrected chi connectivity index (χ4v) is 0.947. The van der Waals surface area contributed by atoms with Gasteiger partial charge in [0.1, 0.15) is 11.9 Å². The molecule has 1 radical (unpaired) electrons. The Morgan fingerprint density at radius 3 is 2.58 bits per heavy atom. The highest BCUT2D eigenvalue weighted by Gasteiger charge is 1.94. The van der Waals surface area contributed by atoms with Crippen LogP contribution in [0.2, 0.25) is 0 Å². The Morgan fingerprint density at radius 2 is 1.92 bits per heavy atom. The summed E-state index contributed by atoms with van der Waals surface area (Å²) in [7, 11) is 0. The molecule has 0 spiro atoms. The Morgan fingerprint density at radius 1 is 1.08 bits per heavy atom. The van der Waals surface area contributed by atoms with E-state index in [1.54, 1.807) is 6.20 Å². The number of hydrogen-bond acceptors (Lipinski definition) is 1. The first-order valence-corrected chi connectivity index (χ1v) is 3.73. The van der Waals surface area contributed by atoms with Crippen molar-refractivity contribution in [1.82, 2.24) is 4.98 Å². The first-order valence-electron chi connectivity index (χ1n) is 3.73. The molecule has 0 saturated heterocycles. The van der Waals surface area contributed by atoms with Crippen LogP contribution in [0.25, 0.3) is 0 Å². The van der Waals surface area contributed by atoms with Crippen molar-refractivity contribution in [2.45, 2.75) is 0 Å². The second kappa shape index (κ2) is 3.13. The fourth-order valence-electron chi connectivity index (χ4n) is 0.947. The molecule has 0 amide bonds. The molecule has 2 aromatic rings. The number of ether oxygens (including phenoxy) is 1. The smallest absolute Gasteiger partial charge is 0.154 e. The topological polar surface area (TPSA) is 25.0 Å². The van der Waals surface area contributed by atoms with E-state index in [4.69, 9.17) is 4.74 Å². The molecule has 2 heteroatoms. The van der Waals surface area contributed by atoms with Crippen molar-refractivity contribution in [2.24, 2.45) is 0 Å². The van der Waals surface area contributed by atoms with E-state index in [0.29, 0.717) is 5.75 Å². The molecule has 1 aromatic carbocycles. The van der Waals surface area contributed by atoms with Gasteiger partial charge >= 0.3 is 0 Å². The summed E-state index contributed by atoms with van der Waals surface area (Å²) >= 11 is 0. The summed E-state index contributed by atoms with van der Waals surface area (Å²) in [5, 5.41) is 0. The van der Waals surface area contributed by atoms with E-state index in [-0.39, 0.29) is 0 Å². The summed E-state index contributed by atoms with van der Waals surface area (Å²) in [6.07, 6.45) is 4.61. The summed E-state index contributed by atoms with van der Waals surface area (Å²) in [5.74, 6) is 1.54. The van der Waals surface area contributed by atoms with Crippen LogP contribution >= 0.6 is 0 Å². The van der Waals surface area contributed by atoms with Crippen molar-refractivity contribution in [3.8, 4) is 11.5 Å². The SMILES string of the molecule is [c]1[nH]ccc1Oc1ccccc1. The van der Waals surface area contributed by atoms with Gasteiger partial charge in [-0.05, 0) is 18.2 Å². The van der Waals surface area contributed by atoms with E-state index in [0.717, 1.165) is 5.75 Å². The summed E-state index contributed by atoms with van der Waals surface area (Å²) in [5.41, 5.74) is 0. The van der Waals surface area contributed by atoms with Crippen LogP contribution in [0.3, 0.4) is 0 Å². The zero-order chi connectivity index (χ0) is 8.23. The first-order chi connectivity index (χ1) is 5.95. The molecule has 0 bridgehead atoms. The minimum Gasteiger partial charge on any atom is -0.455 e. The predicted molar refractivity (Wildman–Crippen MR) is 46.1 cm³/mol. The molecule has 2 nitrogen and oxygen atoms in total. The van der Waals surface area contributed by atoms with Gasteiger partial charge in [0.25, 0.3) is 0 Å². The van der Waals surface area contributed by atoms with Crippen molar-refractivity contribution in [3.63, 3.8) is 0 Å². The second-order valence-electron chi connectivity index (χ2n) is 2.38.